The molecular formula is C53H98N2O6P+. The molecule has 0 aliphatic heterocycles. The van der Waals surface area contributed by atoms with Crippen LogP contribution in [0, 0.1) is 0 Å². The number of hydrogen-bond acceptors (Lipinski definition) is 5. The van der Waals surface area contributed by atoms with Crippen molar-refractivity contribution in [2.45, 2.75) is 219 Å². The third-order valence-electron chi connectivity index (χ3n) is 10.9. The van der Waals surface area contributed by atoms with Crippen molar-refractivity contribution in [1.82, 2.24) is 5.32 Å². The van der Waals surface area contributed by atoms with Gasteiger partial charge in [-0.15, -0.1) is 0 Å². The molecule has 0 heterocycles. The molecule has 3 N–H and O–H groups in total. The van der Waals surface area contributed by atoms with Crippen LogP contribution >= 0.6 is 7.82 Å². The zero-order valence-corrected chi connectivity index (χ0v) is 41.7. The first-order valence-electron chi connectivity index (χ1n) is 25.3. The number of aliphatic hydroxyl groups is 1. The number of phosphoric acid groups is 1. The number of likely N-dealkylation sites (N-methyl/N-ethyl adjacent to an activating group) is 1. The summed E-state index contributed by atoms with van der Waals surface area (Å²) in [7, 11) is 1.56. The van der Waals surface area contributed by atoms with Gasteiger partial charge < -0.3 is 19.8 Å². The lowest BCUT2D eigenvalue weighted by Crippen LogP contribution is -2.45. The van der Waals surface area contributed by atoms with Crippen molar-refractivity contribution in [3.63, 3.8) is 0 Å². The fraction of sp³-hybridized carbons (Fsp3) is 0.755. The monoisotopic (exact) mass is 890 g/mol. The molecule has 1 amide bonds. The Bertz CT molecular complexity index is 1240. The van der Waals surface area contributed by atoms with Crippen molar-refractivity contribution < 1.29 is 32.9 Å². The lowest BCUT2D eigenvalue weighted by molar-refractivity contribution is -0.870. The van der Waals surface area contributed by atoms with Crippen molar-refractivity contribution in [3.8, 4) is 0 Å². The van der Waals surface area contributed by atoms with Crippen LogP contribution in [0.5, 0.6) is 0 Å². The lowest BCUT2D eigenvalue weighted by Gasteiger charge is -2.25. The largest absolute Gasteiger partial charge is 0.472 e. The van der Waals surface area contributed by atoms with Crippen LogP contribution < -0.4 is 5.32 Å². The molecular weight excluding hydrogens is 792 g/mol. The van der Waals surface area contributed by atoms with E-state index >= 15 is 0 Å². The van der Waals surface area contributed by atoms with Crippen LogP contribution in [-0.2, 0) is 18.4 Å². The number of carbonyl (C=O) groups excluding carboxylic acids is 1. The van der Waals surface area contributed by atoms with Gasteiger partial charge in [-0.05, 0) is 64.2 Å². The molecule has 9 heteroatoms. The molecule has 0 aliphatic carbocycles. The Morgan fingerprint density at radius 3 is 1.42 bits per heavy atom. The first kappa shape index (κ1) is 59.9. The van der Waals surface area contributed by atoms with E-state index in [0.717, 1.165) is 83.5 Å². The molecule has 0 radical (unpaired) electrons. The van der Waals surface area contributed by atoms with Crippen molar-refractivity contribution in [2.75, 3.05) is 40.9 Å². The average Bonchev–Trinajstić information content (AvgIpc) is 3.23. The topological polar surface area (TPSA) is 105 Å². The van der Waals surface area contributed by atoms with Crippen molar-refractivity contribution in [3.05, 3.63) is 72.9 Å². The van der Waals surface area contributed by atoms with Gasteiger partial charge in [0.15, 0.2) is 0 Å². The highest BCUT2D eigenvalue weighted by Crippen LogP contribution is 2.43. The van der Waals surface area contributed by atoms with Crippen molar-refractivity contribution in [2.24, 2.45) is 0 Å². The number of nitrogens with zero attached hydrogens (tertiary/aromatic N) is 1. The summed E-state index contributed by atoms with van der Waals surface area (Å²) in [5, 5.41) is 13.9. The van der Waals surface area contributed by atoms with Crippen LogP contribution in [0.3, 0.4) is 0 Å². The van der Waals surface area contributed by atoms with Crippen LogP contribution in [0.25, 0.3) is 0 Å². The summed E-state index contributed by atoms with van der Waals surface area (Å²) in [6.07, 6.45) is 59.7. The third-order valence-corrected chi connectivity index (χ3v) is 11.9. The molecule has 360 valence electrons. The second-order valence-electron chi connectivity index (χ2n) is 18.2. The SMILES string of the molecule is CC/C=C\C/C=C\C/C=C\C/C=C\C/C=C\CCCCCCCCCC(=O)NC(COP(=O)(O)OCC[N+](C)(C)C)C(O)/C=C/CCCCCCCCCCCCCCCCC. The summed E-state index contributed by atoms with van der Waals surface area (Å²) in [4.78, 5) is 23.2. The number of amides is 1. The predicted octanol–water partition coefficient (Wildman–Crippen LogP) is 14.8. The summed E-state index contributed by atoms with van der Waals surface area (Å²) >= 11 is 0. The van der Waals surface area contributed by atoms with E-state index in [4.69, 9.17) is 9.05 Å². The number of carbonyl (C=O) groups is 1. The second-order valence-corrected chi connectivity index (χ2v) is 19.6. The first-order chi connectivity index (χ1) is 30.0. The highest BCUT2D eigenvalue weighted by atomic mass is 31.2. The minimum Gasteiger partial charge on any atom is -0.387 e. The highest BCUT2D eigenvalue weighted by Gasteiger charge is 2.27. The second kappa shape index (κ2) is 44.2. The first-order valence-corrected chi connectivity index (χ1v) is 26.8. The Labute approximate surface area is 383 Å². The predicted molar refractivity (Wildman–Crippen MR) is 267 cm³/mol. The van der Waals surface area contributed by atoms with E-state index in [1.54, 1.807) is 6.08 Å². The maximum atomic E-state index is 12.9. The summed E-state index contributed by atoms with van der Waals surface area (Å²) in [6, 6.07) is -0.856. The van der Waals surface area contributed by atoms with E-state index in [-0.39, 0.29) is 19.1 Å². The Morgan fingerprint density at radius 1 is 0.565 bits per heavy atom. The van der Waals surface area contributed by atoms with E-state index in [0.29, 0.717) is 17.4 Å². The van der Waals surface area contributed by atoms with Crippen LogP contribution in [-0.4, -0.2) is 73.4 Å². The molecule has 0 spiro atoms. The fourth-order valence-electron chi connectivity index (χ4n) is 6.95. The molecule has 3 atom stereocenters. The zero-order valence-electron chi connectivity index (χ0n) is 40.8. The molecule has 0 saturated heterocycles. The van der Waals surface area contributed by atoms with Crippen LogP contribution in [0.4, 0.5) is 0 Å². The number of allylic oxidation sites excluding steroid dienone is 11. The number of quaternary nitrogens is 1. The van der Waals surface area contributed by atoms with Crippen LogP contribution in [0.15, 0.2) is 72.9 Å². The summed E-state index contributed by atoms with van der Waals surface area (Å²) in [6.45, 7) is 4.69. The van der Waals surface area contributed by atoms with E-state index in [2.05, 4.69) is 79.9 Å². The van der Waals surface area contributed by atoms with Gasteiger partial charge in [-0.25, -0.2) is 4.57 Å². The zero-order chi connectivity index (χ0) is 45.7. The maximum Gasteiger partial charge on any atom is 0.472 e. The molecule has 62 heavy (non-hydrogen) atoms. The molecule has 0 aliphatic rings. The van der Waals surface area contributed by atoms with Gasteiger partial charge in [-0.1, -0.05) is 209 Å². The van der Waals surface area contributed by atoms with E-state index in [1.807, 2.05) is 27.2 Å². The fourth-order valence-corrected chi connectivity index (χ4v) is 7.69. The molecule has 0 aromatic heterocycles. The van der Waals surface area contributed by atoms with Crippen LogP contribution in [0.2, 0.25) is 0 Å². The van der Waals surface area contributed by atoms with Gasteiger partial charge in [0, 0.05) is 6.42 Å². The summed E-state index contributed by atoms with van der Waals surface area (Å²) < 4.78 is 23.6. The molecule has 8 nitrogen and oxygen atoms in total. The number of nitrogens with one attached hydrogen (secondary N) is 1. The smallest absolute Gasteiger partial charge is 0.387 e. The van der Waals surface area contributed by atoms with E-state index in [9.17, 15) is 19.4 Å². The van der Waals surface area contributed by atoms with Crippen molar-refractivity contribution in [1.29, 1.82) is 0 Å². The van der Waals surface area contributed by atoms with E-state index in [1.165, 1.54) is 103 Å². The number of hydrogen-bond donors (Lipinski definition) is 3. The standard InChI is InChI=1S/C53H97N2O6P/c1-6-8-10-12-14-16-18-20-22-24-25-26-27-28-29-31-33-35-37-39-41-43-45-47-53(57)54-51(50-61-62(58,59)60-49-48-55(3,4)5)52(56)46-44-42-40-38-36-34-32-30-23-21-19-17-15-13-11-9-7-2/h8,10,14,16,20,22,25-26,28-29,44,46,51-52,56H,6-7,9,11-13,15,17-19,21,23-24,27,30-43,45,47-50H2,1-5H3,(H-,54,57,58,59)/p+1/b10-8-,16-14-,22-20-,26-25-,29-28-,46-44+. The molecule has 0 aromatic carbocycles. The van der Waals surface area contributed by atoms with Gasteiger partial charge in [0.2, 0.25) is 5.91 Å². The molecule has 0 fully saturated rings. The molecule has 0 bridgehead atoms. The summed E-state index contributed by atoms with van der Waals surface area (Å²) in [5.74, 6) is -0.191. The third kappa shape index (κ3) is 45.9. The average molecular weight is 890 g/mol. The van der Waals surface area contributed by atoms with Crippen molar-refractivity contribution >= 4 is 13.7 Å². The van der Waals surface area contributed by atoms with Gasteiger partial charge in [0.1, 0.15) is 13.2 Å². The Hall–Kier alpha value is -2.06. The highest BCUT2D eigenvalue weighted by molar-refractivity contribution is 7.47. The van der Waals surface area contributed by atoms with Gasteiger partial charge >= 0.3 is 7.82 Å². The Morgan fingerprint density at radius 2 is 0.968 bits per heavy atom. The number of phosphoric ester groups is 1. The molecule has 3 unspecified atom stereocenters. The quantitative estimate of drug-likeness (QED) is 0.0243. The number of unbranched alkanes of at least 4 members (excludes halogenated alkanes) is 22. The lowest BCUT2D eigenvalue weighted by atomic mass is 10.0. The number of rotatable bonds is 45. The minimum atomic E-state index is -4.35. The molecule has 0 aromatic rings. The molecule has 0 rings (SSSR count). The van der Waals surface area contributed by atoms with E-state index < -0.39 is 20.0 Å². The van der Waals surface area contributed by atoms with Gasteiger partial charge in [0.25, 0.3) is 0 Å². The normalized spacial score (nSPS) is 14.8. The van der Waals surface area contributed by atoms with Gasteiger partial charge in [-0.3, -0.25) is 13.8 Å². The Balaban J connectivity index is 4.36. The minimum absolute atomic E-state index is 0.0559. The van der Waals surface area contributed by atoms with Gasteiger partial charge in [-0.2, -0.15) is 0 Å². The Kier molecular flexibility index (Phi) is 42.7. The molecule has 0 saturated carbocycles. The number of aliphatic hydroxyl groups excluding tert-OH is 1. The summed E-state index contributed by atoms with van der Waals surface area (Å²) in [5.41, 5.74) is 0. The van der Waals surface area contributed by atoms with Gasteiger partial charge in [0.05, 0.1) is 39.9 Å². The maximum absolute atomic E-state index is 12.9. The van der Waals surface area contributed by atoms with Crippen LogP contribution in [0.1, 0.15) is 206 Å².